The fourth-order valence-corrected chi connectivity index (χ4v) is 0.400. The molecule has 0 aliphatic carbocycles. The molecule has 5 nitrogen and oxygen atoms in total. The van der Waals surface area contributed by atoms with E-state index in [1.54, 1.807) is 28.2 Å². The van der Waals surface area contributed by atoms with Crippen LogP contribution in [0.2, 0.25) is 0 Å². The van der Waals surface area contributed by atoms with E-state index in [0.29, 0.717) is 0 Å². The van der Waals surface area contributed by atoms with Gasteiger partial charge in [-0.1, -0.05) is 0 Å². The summed E-state index contributed by atoms with van der Waals surface area (Å²) < 4.78 is 0. The Morgan fingerprint density at radius 3 is 1.20 bits per heavy atom. The van der Waals surface area contributed by atoms with E-state index in [1.807, 2.05) is 0 Å². The predicted octanol–water partition coefficient (Wildman–Crippen LogP) is -0.952. The van der Waals surface area contributed by atoms with Crippen LogP contribution in [0.1, 0.15) is 0 Å². The first-order valence-corrected chi connectivity index (χ1v) is 2.77. The Bertz CT molecular complexity index is 81.6. The lowest BCUT2D eigenvalue weighted by Crippen LogP contribution is -2.33. The molecular formula is C5H16N4O. The van der Waals surface area contributed by atoms with E-state index in [9.17, 15) is 4.79 Å². The van der Waals surface area contributed by atoms with Gasteiger partial charge in [-0.05, 0) is 0 Å². The van der Waals surface area contributed by atoms with Gasteiger partial charge in [0.1, 0.15) is 0 Å². The second-order valence-corrected chi connectivity index (χ2v) is 2.07. The summed E-state index contributed by atoms with van der Waals surface area (Å²) in [5.41, 5.74) is 0. The number of hydrazine groups is 1. The number of amides is 2. The molecule has 10 heavy (non-hydrogen) atoms. The molecule has 0 unspecified atom stereocenters. The van der Waals surface area contributed by atoms with Gasteiger partial charge in [0.15, 0.2) is 0 Å². The third kappa shape index (κ3) is 5.33. The second-order valence-electron chi connectivity index (χ2n) is 2.07. The van der Waals surface area contributed by atoms with Gasteiger partial charge >= 0.3 is 6.03 Å². The van der Waals surface area contributed by atoms with Crippen LogP contribution in [0.4, 0.5) is 4.79 Å². The number of hydrogen-bond acceptors (Lipinski definition) is 3. The minimum Gasteiger partial charge on any atom is -0.331 e. The number of nitrogens with zero attached hydrogens (tertiary/aromatic N) is 2. The van der Waals surface area contributed by atoms with Crippen LogP contribution in [0.3, 0.4) is 0 Å². The van der Waals surface area contributed by atoms with Crippen molar-refractivity contribution in [3.8, 4) is 0 Å². The summed E-state index contributed by atoms with van der Waals surface area (Å²) in [6.45, 7) is 0. The van der Waals surface area contributed by atoms with Gasteiger partial charge in [0.2, 0.25) is 0 Å². The maximum atomic E-state index is 10.7. The van der Waals surface area contributed by atoms with Crippen LogP contribution in [0.5, 0.6) is 0 Å². The van der Waals surface area contributed by atoms with E-state index in [-0.39, 0.29) is 6.03 Å². The van der Waals surface area contributed by atoms with Gasteiger partial charge in [0.25, 0.3) is 0 Å². The lowest BCUT2D eigenvalue weighted by atomic mass is 10.7. The van der Waals surface area contributed by atoms with E-state index >= 15 is 0 Å². The van der Waals surface area contributed by atoms with E-state index in [4.69, 9.17) is 0 Å². The quantitative estimate of drug-likeness (QED) is 0.343. The number of rotatable bonds is 0. The Hall–Kier alpha value is -0.810. The number of urea groups is 1. The fourth-order valence-electron chi connectivity index (χ4n) is 0.400. The molecular weight excluding hydrogens is 132 g/mol. The van der Waals surface area contributed by atoms with E-state index in [1.165, 1.54) is 9.80 Å². The molecule has 4 N–H and O–H groups in total. The predicted molar refractivity (Wildman–Crippen MR) is 41.1 cm³/mol. The molecule has 62 valence electrons. The number of hydrogen-bond donors (Lipinski definition) is 2. The summed E-state index contributed by atoms with van der Waals surface area (Å²) in [7, 11) is 6.90. The van der Waals surface area contributed by atoms with Crippen molar-refractivity contribution in [3.05, 3.63) is 0 Å². The normalized spacial score (nSPS) is 7.40. The Labute approximate surface area is 61.5 Å². The highest BCUT2D eigenvalue weighted by atomic mass is 16.2. The van der Waals surface area contributed by atoms with Crippen LogP contribution in [0.25, 0.3) is 0 Å². The Morgan fingerprint density at radius 2 is 1.20 bits per heavy atom. The molecule has 0 aromatic rings. The summed E-state index contributed by atoms with van der Waals surface area (Å²) in [4.78, 5) is 13.8. The van der Waals surface area contributed by atoms with Crippen molar-refractivity contribution in [1.29, 1.82) is 0 Å². The first-order chi connectivity index (χ1) is 4.55. The summed E-state index contributed by atoms with van der Waals surface area (Å²) >= 11 is 0. The van der Waals surface area contributed by atoms with Gasteiger partial charge in [-0.3, -0.25) is 11.7 Å². The monoisotopic (exact) mass is 148 g/mol. The molecule has 5 heteroatoms. The minimum atomic E-state index is 0.0185. The van der Waals surface area contributed by atoms with Gasteiger partial charge in [-0.15, -0.1) is 0 Å². The molecule has 0 radical (unpaired) electrons. The topological polar surface area (TPSA) is 75.6 Å². The van der Waals surface area contributed by atoms with E-state index in [0.717, 1.165) is 0 Å². The molecule has 0 heterocycles. The molecule has 0 saturated heterocycles. The SMILES string of the molecule is CN(C)C(=O)N(C)C.NN. The standard InChI is InChI=1S/C5H12N2O.H4N2/c1-6(2)5(8)7(3)4;1-2/h1-4H3;1-2H2. The summed E-state index contributed by atoms with van der Waals surface area (Å²) in [6.07, 6.45) is 0. The van der Waals surface area contributed by atoms with Gasteiger partial charge in [0, 0.05) is 28.2 Å². The van der Waals surface area contributed by atoms with Crippen LogP contribution in [-0.4, -0.2) is 44.0 Å². The van der Waals surface area contributed by atoms with Crippen molar-refractivity contribution in [2.45, 2.75) is 0 Å². The highest BCUT2D eigenvalue weighted by Crippen LogP contribution is 1.83. The maximum absolute atomic E-state index is 10.7. The van der Waals surface area contributed by atoms with Crippen molar-refractivity contribution in [3.63, 3.8) is 0 Å². The van der Waals surface area contributed by atoms with Gasteiger partial charge in [0.05, 0.1) is 0 Å². The third-order valence-electron chi connectivity index (χ3n) is 0.765. The van der Waals surface area contributed by atoms with Crippen LogP contribution >= 0.6 is 0 Å². The van der Waals surface area contributed by atoms with Crippen LogP contribution in [-0.2, 0) is 0 Å². The van der Waals surface area contributed by atoms with Crippen molar-refractivity contribution in [2.24, 2.45) is 11.7 Å². The summed E-state index contributed by atoms with van der Waals surface area (Å²) in [6, 6.07) is 0.0185. The van der Waals surface area contributed by atoms with E-state index in [2.05, 4.69) is 11.7 Å². The molecule has 0 spiro atoms. The minimum absolute atomic E-state index is 0.0185. The molecule has 0 atom stereocenters. The molecule has 0 fully saturated rings. The molecule has 0 saturated carbocycles. The average Bonchev–Trinajstić information content (AvgIpc) is 1.90. The molecule has 0 aliphatic rings. The Morgan fingerprint density at radius 1 is 1.00 bits per heavy atom. The van der Waals surface area contributed by atoms with Crippen LogP contribution in [0.15, 0.2) is 0 Å². The first-order valence-electron chi connectivity index (χ1n) is 2.77. The lowest BCUT2D eigenvalue weighted by Gasteiger charge is -2.16. The van der Waals surface area contributed by atoms with Crippen LogP contribution in [0, 0.1) is 0 Å². The second kappa shape index (κ2) is 6.31. The average molecular weight is 148 g/mol. The largest absolute Gasteiger partial charge is 0.331 e. The Balaban J connectivity index is 0. The molecule has 2 amide bonds. The zero-order valence-electron chi connectivity index (χ0n) is 6.96. The van der Waals surface area contributed by atoms with Gasteiger partial charge < -0.3 is 9.80 Å². The van der Waals surface area contributed by atoms with Crippen molar-refractivity contribution >= 4 is 6.03 Å². The molecule has 0 rings (SSSR count). The zero-order chi connectivity index (χ0) is 8.73. The van der Waals surface area contributed by atoms with Crippen LogP contribution < -0.4 is 11.7 Å². The Kier molecular flexibility index (Phi) is 7.53. The van der Waals surface area contributed by atoms with Gasteiger partial charge in [-0.2, -0.15) is 0 Å². The van der Waals surface area contributed by atoms with E-state index < -0.39 is 0 Å². The molecule has 0 aromatic heterocycles. The third-order valence-corrected chi connectivity index (χ3v) is 0.765. The van der Waals surface area contributed by atoms with Crippen molar-refractivity contribution in [1.82, 2.24) is 9.80 Å². The molecule has 0 bridgehead atoms. The first kappa shape index (κ1) is 11.9. The molecule has 0 aromatic carbocycles. The highest BCUT2D eigenvalue weighted by Gasteiger charge is 2.02. The fraction of sp³-hybridized carbons (Fsp3) is 0.800. The zero-order valence-corrected chi connectivity index (χ0v) is 6.96. The number of nitrogens with two attached hydrogens (primary N) is 2. The van der Waals surface area contributed by atoms with Gasteiger partial charge in [-0.25, -0.2) is 4.79 Å². The number of carbonyl (C=O) groups is 1. The number of carbonyl (C=O) groups excluding carboxylic acids is 1. The maximum Gasteiger partial charge on any atom is 0.318 e. The highest BCUT2D eigenvalue weighted by molar-refractivity contribution is 5.72. The van der Waals surface area contributed by atoms with Crippen molar-refractivity contribution < 1.29 is 4.79 Å². The molecule has 0 aliphatic heterocycles. The van der Waals surface area contributed by atoms with Crippen molar-refractivity contribution in [2.75, 3.05) is 28.2 Å². The smallest absolute Gasteiger partial charge is 0.318 e. The summed E-state index contributed by atoms with van der Waals surface area (Å²) in [5, 5.41) is 0. The lowest BCUT2D eigenvalue weighted by molar-refractivity contribution is 0.191. The summed E-state index contributed by atoms with van der Waals surface area (Å²) in [5.74, 6) is 8.00.